The van der Waals surface area contributed by atoms with Crippen molar-refractivity contribution >= 4 is 20.4 Å². The molecule has 4 atom stereocenters. The smallest absolute Gasteiger partial charge is 0.508 e. The molecule has 4 unspecified atom stereocenters. The highest BCUT2D eigenvalue weighted by Crippen LogP contribution is 2.25. The summed E-state index contributed by atoms with van der Waals surface area (Å²) in [6.45, 7) is 1.66. The quantitative estimate of drug-likeness (QED) is 0.329. The van der Waals surface area contributed by atoms with Crippen LogP contribution in [0.5, 0.6) is 5.75 Å². The predicted molar refractivity (Wildman–Crippen MR) is 121 cm³/mol. The third kappa shape index (κ3) is 12.8. The van der Waals surface area contributed by atoms with E-state index in [0.717, 1.165) is 0 Å². The fourth-order valence-electron chi connectivity index (χ4n) is 2.37. The molecule has 1 aromatic carbocycles. The Hall–Kier alpha value is -2.75. The number of aromatic nitrogens is 1. The molecule has 2 N–H and O–H groups in total. The lowest BCUT2D eigenvalue weighted by atomic mass is 10.2. The lowest BCUT2D eigenvalue weighted by Gasteiger charge is -2.12. The maximum Gasteiger partial charge on any atom is 0.613 e. The highest BCUT2D eigenvalue weighted by molar-refractivity contribution is 7.36. The minimum absolute atomic E-state index is 0.0920. The van der Waals surface area contributed by atoms with Gasteiger partial charge in [-0.25, -0.2) is 4.79 Å². The number of carbonyl (C=O) groups excluding carboxylic acids is 2. The molecule has 0 bridgehead atoms. The number of phenols is 1. The molecule has 2 heterocycles. The van der Waals surface area contributed by atoms with E-state index >= 15 is 0 Å². The van der Waals surface area contributed by atoms with Crippen molar-refractivity contribution in [2.75, 3.05) is 20.8 Å². The Morgan fingerprint density at radius 2 is 1.97 bits per heavy atom. The van der Waals surface area contributed by atoms with E-state index in [0.29, 0.717) is 30.4 Å². The van der Waals surface area contributed by atoms with Gasteiger partial charge in [-0.3, -0.25) is 4.98 Å². The summed E-state index contributed by atoms with van der Waals surface area (Å²) in [6.07, 6.45) is 3.81. The molecule has 1 saturated heterocycles. The van der Waals surface area contributed by atoms with Crippen LogP contribution in [0.2, 0.25) is 0 Å². The molecule has 0 aliphatic carbocycles. The van der Waals surface area contributed by atoms with E-state index in [4.69, 9.17) is 19.1 Å². The Balaban J connectivity index is 0.000000451. The summed E-state index contributed by atoms with van der Waals surface area (Å²) in [5.41, 5.74) is 0.353. The van der Waals surface area contributed by atoms with Crippen LogP contribution in [0, 0.1) is 0 Å². The number of rotatable bonds is 8. The Morgan fingerprint density at radius 3 is 2.52 bits per heavy atom. The highest BCUT2D eigenvalue weighted by Gasteiger charge is 2.32. The molecule has 33 heavy (non-hydrogen) atoms. The third-order valence-electron chi connectivity index (χ3n) is 3.85. The number of hydrogen-bond donors (Lipinski definition) is 2. The molecule has 0 saturated carbocycles. The normalized spacial score (nSPS) is 18.0. The number of aromatic hydroxyl groups is 1. The van der Waals surface area contributed by atoms with Crippen molar-refractivity contribution < 1.29 is 38.0 Å². The maximum absolute atomic E-state index is 11.9. The zero-order valence-corrected chi connectivity index (χ0v) is 19.7. The zero-order valence-electron chi connectivity index (χ0n) is 18.8. The van der Waals surface area contributed by atoms with Crippen LogP contribution in [-0.2, 0) is 28.1 Å². The van der Waals surface area contributed by atoms with Gasteiger partial charge in [-0.15, -0.1) is 4.52 Å². The third-order valence-corrected chi connectivity index (χ3v) is 4.85. The first-order valence-corrected chi connectivity index (χ1v) is 11.3. The van der Waals surface area contributed by atoms with Crippen molar-refractivity contribution in [1.82, 2.24) is 10.1 Å². The van der Waals surface area contributed by atoms with Crippen molar-refractivity contribution in [2.24, 2.45) is 0 Å². The van der Waals surface area contributed by atoms with Crippen molar-refractivity contribution in [2.45, 2.75) is 38.2 Å². The molecular weight excluding hydrogens is 451 g/mol. The SMILES string of the molecule is CC(C=O)N[P+](=O)OCC1CCC(OC(=O)c2cccnc2)O1.COC.Oc1ccccc1. The molecular formula is C22H30N2O8P+. The Morgan fingerprint density at radius 1 is 1.27 bits per heavy atom. The Labute approximate surface area is 194 Å². The molecule has 0 amide bonds. The maximum atomic E-state index is 11.9. The van der Waals surface area contributed by atoms with Crippen molar-refractivity contribution in [3.63, 3.8) is 0 Å². The zero-order chi connectivity index (χ0) is 24.5. The van der Waals surface area contributed by atoms with Crippen molar-refractivity contribution in [3.8, 4) is 5.75 Å². The first-order valence-electron chi connectivity index (χ1n) is 10.1. The van der Waals surface area contributed by atoms with Crippen LogP contribution in [0.25, 0.3) is 0 Å². The molecule has 1 aliphatic rings. The second kappa shape index (κ2) is 16.8. The molecule has 180 valence electrons. The summed E-state index contributed by atoms with van der Waals surface area (Å²) < 4.78 is 31.6. The first-order chi connectivity index (χ1) is 15.9. The van der Waals surface area contributed by atoms with Gasteiger partial charge in [0.25, 0.3) is 0 Å². The van der Waals surface area contributed by atoms with E-state index in [9.17, 15) is 14.2 Å². The molecule has 3 rings (SSSR count). The average Bonchev–Trinajstić information content (AvgIpc) is 3.27. The van der Waals surface area contributed by atoms with Crippen LogP contribution in [0.4, 0.5) is 0 Å². The van der Waals surface area contributed by atoms with Crippen LogP contribution < -0.4 is 5.09 Å². The summed E-state index contributed by atoms with van der Waals surface area (Å²) in [7, 11) is 1.11. The second-order valence-corrected chi connectivity index (χ2v) is 7.79. The van der Waals surface area contributed by atoms with E-state index in [1.165, 1.54) is 6.20 Å². The van der Waals surface area contributed by atoms with Gasteiger partial charge in [-0.2, -0.15) is 0 Å². The van der Waals surface area contributed by atoms with Gasteiger partial charge in [0.15, 0.2) is 0 Å². The van der Waals surface area contributed by atoms with Gasteiger partial charge >= 0.3 is 14.1 Å². The molecule has 1 aliphatic heterocycles. The number of para-hydroxylation sites is 1. The van der Waals surface area contributed by atoms with Crippen LogP contribution in [-0.4, -0.2) is 61.6 Å². The van der Waals surface area contributed by atoms with E-state index in [-0.39, 0.29) is 12.7 Å². The molecule has 0 spiro atoms. The highest BCUT2D eigenvalue weighted by atomic mass is 31.1. The lowest BCUT2D eigenvalue weighted by Crippen LogP contribution is -2.23. The summed E-state index contributed by atoms with van der Waals surface area (Å²) in [5, 5.41) is 11.1. The van der Waals surface area contributed by atoms with E-state index in [1.807, 2.05) is 6.07 Å². The monoisotopic (exact) mass is 481 g/mol. The number of pyridine rings is 1. The van der Waals surface area contributed by atoms with Crippen LogP contribution in [0.1, 0.15) is 30.1 Å². The fraction of sp³-hybridized carbons (Fsp3) is 0.409. The van der Waals surface area contributed by atoms with Gasteiger partial charge in [-0.05, 0) is 42.2 Å². The van der Waals surface area contributed by atoms with Gasteiger partial charge in [0.05, 0.1) is 11.7 Å². The molecule has 11 heteroatoms. The first kappa shape index (κ1) is 28.3. The Kier molecular flexibility index (Phi) is 14.4. The number of aldehydes is 1. The van der Waals surface area contributed by atoms with Gasteiger partial charge in [0, 0.05) is 33.0 Å². The molecule has 1 aromatic heterocycles. The van der Waals surface area contributed by atoms with Gasteiger partial charge < -0.3 is 24.1 Å². The largest absolute Gasteiger partial charge is 0.613 e. The van der Waals surface area contributed by atoms with Crippen LogP contribution in [0.15, 0.2) is 54.9 Å². The topological polar surface area (TPSA) is 133 Å². The van der Waals surface area contributed by atoms with Crippen molar-refractivity contribution in [3.05, 3.63) is 60.4 Å². The number of nitrogens with one attached hydrogen (secondary N) is 1. The van der Waals surface area contributed by atoms with Gasteiger partial charge in [0.1, 0.15) is 24.7 Å². The number of benzene rings is 1. The molecule has 1 fully saturated rings. The molecule has 0 radical (unpaired) electrons. The van der Waals surface area contributed by atoms with E-state index < -0.39 is 26.5 Å². The minimum Gasteiger partial charge on any atom is -0.508 e. The fourth-order valence-corrected chi connectivity index (χ4v) is 3.14. The number of methoxy groups -OCH3 is 1. The van der Waals surface area contributed by atoms with Crippen molar-refractivity contribution in [1.29, 1.82) is 0 Å². The molecule has 10 nitrogen and oxygen atoms in total. The van der Waals surface area contributed by atoms with Gasteiger partial charge in [-0.1, -0.05) is 23.3 Å². The number of esters is 1. The molecule has 2 aromatic rings. The predicted octanol–water partition coefficient (Wildman–Crippen LogP) is 3.25. The summed E-state index contributed by atoms with van der Waals surface area (Å²) in [6, 6.07) is 11.4. The minimum atomic E-state index is -2.14. The second-order valence-electron chi connectivity index (χ2n) is 6.76. The summed E-state index contributed by atoms with van der Waals surface area (Å²) >= 11 is 0. The van der Waals surface area contributed by atoms with E-state index in [2.05, 4.69) is 14.8 Å². The summed E-state index contributed by atoms with van der Waals surface area (Å²) in [4.78, 5) is 26.2. The summed E-state index contributed by atoms with van der Waals surface area (Å²) in [5.74, 6) is -0.181. The standard InChI is InChI=1S/C14H18N2O6P.C6H6O.C2H6O/c1-10(8-17)16-23(19)20-9-12-4-5-13(21-12)22-14(18)11-3-2-6-15-7-11;7-6-4-2-1-3-5-6;1-3-2/h2-3,6-8,10,12-13H,4-5,9H2,1H3,(H,16,19);1-5,7H;1-2H3/q+1;;. The van der Waals surface area contributed by atoms with Gasteiger partial charge in [0.2, 0.25) is 6.29 Å². The lowest BCUT2D eigenvalue weighted by molar-refractivity contribution is -0.109. The number of ether oxygens (including phenoxy) is 3. The Bertz CT molecular complexity index is 826. The average molecular weight is 481 g/mol. The van der Waals surface area contributed by atoms with Crippen LogP contribution in [0.3, 0.4) is 0 Å². The van der Waals surface area contributed by atoms with E-state index in [1.54, 1.807) is 63.7 Å². The number of hydrogen-bond acceptors (Lipinski definition) is 9. The number of phenolic OH excluding ortho intramolecular Hbond substituents is 1. The number of carbonyl (C=O) groups is 2. The number of nitrogens with zero attached hydrogens (tertiary/aromatic N) is 1. The van der Waals surface area contributed by atoms with Crippen LogP contribution >= 0.6 is 8.18 Å².